The van der Waals surface area contributed by atoms with Gasteiger partial charge in [0.05, 0.1) is 12.8 Å². The van der Waals surface area contributed by atoms with Gasteiger partial charge in [0.25, 0.3) is 0 Å². The smallest absolute Gasteiger partial charge is 0.149 e. The maximum atomic E-state index is 13.1. The third-order valence-electron chi connectivity index (χ3n) is 1.98. The first kappa shape index (κ1) is 9.71. The normalized spacial score (nSPS) is 10.3. The summed E-state index contributed by atoms with van der Waals surface area (Å²) in [6, 6.07) is 7.17. The first-order valence-electron chi connectivity index (χ1n) is 4.47. The van der Waals surface area contributed by atoms with Crippen LogP contribution in [-0.2, 0) is 6.54 Å². The minimum atomic E-state index is -0.610. The number of benzene rings is 1. The van der Waals surface area contributed by atoms with Crippen molar-refractivity contribution in [2.45, 2.75) is 6.54 Å². The van der Waals surface area contributed by atoms with Crippen LogP contribution in [0.15, 0.2) is 41.0 Å². The Hall–Kier alpha value is -1.84. The van der Waals surface area contributed by atoms with Crippen molar-refractivity contribution < 1.29 is 13.2 Å². The zero-order chi connectivity index (χ0) is 10.7. The molecule has 2 nitrogen and oxygen atoms in total. The maximum absolute atomic E-state index is 13.1. The van der Waals surface area contributed by atoms with Gasteiger partial charge in [-0.2, -0.15) is 0 Å². The molecule has 1 N–H and O–H groups in total. The van der Waals surface area contributed by atoms with Crippen molar-refractivity contribution in [2.24, 2.45) is 0 Å². The lowest BCUT2D eigenvalue weighted by atomic mass is 10.3. The standard InChI is InChI=1S/C11H9F2NO/c12-9-4-1-5-10(13)11(9)14-7-8-3-2-6-15-8/h1-6,14H,7H2. The molecule has 4 heteroatoms. The van der Waals surface area contributed by atoms with E-state index in [1.54, 1.807) is 12.1 Å². The quantitative estimate of drug-likeness (QED) is 0.839. The van der Waals surface area contributed by atoms with Crippen LogP contribution in [0.1, 0.15) is 5.76 Å². The Kier molecular flexibility index (Phi) is 2.67. The summed E-state index contributed by atoms with van der Waals surface area (Å²) in [6.45, 7) is 0.255. The van der Waals surface area contributed by atoms with E-state index in [9.17, 15) is 8.78 Å². The highest BCUT2D eigenvalue weighted by Crippen LogP contribution is 2.18. The van der Waals surface area contributed by atoms with Crippen LogP contribution in [0, 0.1) is 11.6 Å². The summed E-state index contributed by atoms with van der Waals surface area (Å²) in [6.07, 6.45) is 1.51. The molecule has 0 atom stereocenters. The molecule has 1 aromatic heterocycles. The highest BCUT2D eigenvalue weighted by atomic mass is 19.1. The van der Waals surface area contributed by atoms with Crippen molar-refractivity contribution in [3.8, 4) is 0 Å². The number of para-hydroxylation sites is 1. The van der Waals surface area contributed by atoms with Gasteiger partial charge in [0.15, 0.2) is 0 Å². The fourth-order valence-corrected chi connectivity index (χ4v) is 1.26. The number of rotatable bonds is 3. The van der Waals surface area contributed by atoms with Crippen LogP contribution in [0.4, 0.5) is 14.5 Å². The molecular weight excluding hydrogens is 200 g/mol. The number of nitrogens with one attached hydrogen (secondary N) is 1. The van der Waals surface area contributed by atoms with Crippen LogP contribution in [-0.4, -0.2) is 0 Å². The van der Waals surface area contributed by atoms with Gasteiger partial charge < -0.3 is 9.73 Å². The van der Waals surface area contributed by atoms with Crippen LogP contribution in [0.3, 0.4) is 0 Å². The van der Waals surface area contributed by atoms with Gasteiger partial charge in [0.1, 0.15) is 23.1 Å². The topological polar surface area (TPSA) is 25.2 Å². The molecule has 0 saturated carbocycles. The third kappa shape index (κ3) is 2.15. The Morgan fingerprint density at radius 1 is 1.07 bits per heavy atom. The summed E-state index contributed by atoms with van der Waals surface area (Å²) in [7, 11) is 0. The molecule has 0 spiro atoms. The first-order chi connectivity index (χ1) is 7.27. The van der Waals surface area contributed by atoms with Gasteiger partial charge in [0.2, 0.25) is 0 Å². The van der Waals surface area contributed by atoms with E-state index in [2.05, 4.69) is 5.32 Å². The van der Waals surface area contributed by atoms with E-state index in [1.807, 2.05) is 0 Å². The summed E-state index contributed by atoms with van der Waals surface area (Å²) in [5.74, 6) is -0.597. The molecule has 0 aliphatic carbocycles. The fourth-order valence-electron chi connectivity index (χ4n) is 1.26. The van der Waals surface area contributed by atoms with E-state index in [4.69, 9.17) is 4.42 Å². The van der Waals surface area contributed by atoms with Crippen LogP contribution in [0.2, 0.25) is 0 Å². The number of furan rings is 1. The minimum Gasteiger partial charge on any atom is -0.467 e. The average molecular weight is 209 g/mol. The molecule has 0 bridgehead atoms. The van der Waals surface area contributed by atoms with Crippen molar-refractivity contribution in [1.29, 1.82) is 0 Å². The van der Waals surface area contributed by atoms with E-state index in [0.717, 1.165) is 0 Å². The van der Waals surface area contributed by atoms with E-state index < -0.39 is 11.6 Å². The van der Waals surface area contributed by atoms with Gasteiger partial charge in [-0.15, -0.1) is 0 Å². The largest absolute Gasteiger partial charge is 0.467 e. The summed E-state index contributed by atoms with van der Waals surface area (Å²) in [5, 5.41) is 2.64. The summed E-state index contributed by atoms with van der Waals surface area (Å²) >= 11 is 0. The molecule has 0 aliphatic rings. The molecule has 0 aliphatic heterocycles. The van der Waals surface area contributed by atoms with Crippen LogP contribution in [0.25, 0.3) is 0 Å². The zero-order valence-corrected chi connectivity index (χ0v) is 7.84. The monoisotopic (exact) mass is 209 g/mol. The number of hydrogen-bond acceptors (Lipinski definition) is 2. The molecular formula is C11H9F2NO. The number of anilines is 1. The van der Waals surface area contributed by atoms with Gasteiger partial charge in [-0.05, 0) is 24.3 Å². The molecule has 2 rings (SSSR count). The SMILES string of the molecule is Fc1cccc(F)c1NCc1ccco1. The van der Waals surface area contributed by atoms with Crippen molar-refractivity contribution in [1.82, 2.24) is 0 Å². The van der Waals surface area contributed by atoms with Crippen LogP contribution in [0.5, 0.6) is 0 Å². The molecule has 0 saturated heterocycles. The molecule has 78 valence electrons. The molecule has 0 fully saturated rings. The lowest BCUT2D eigenvalue weighted by Crippen LogP contribution is -2.02. The maximum Gasteiger partial charge on any atom is 0.149 e. The summed E-state index contributed by atoms with van der Waals surface area (Å²) in [5.41, 5.74) is -0.131. The average Bonchev–Trinajstić information content (AvgIpc) is 2.70. The molecule has 2 aromatic rings. The van der Waals surface area contributed by atoms with Crippen molar-refractivity contribution in [3.63, 3.8) is 0 Å². The number of hydrogen-bond donors (Lipinski definition) is 1. The second kappa shape index (κ2) is 4.13. The highest BCUT2D eigenvalue weighted by molar-refractivity contribution is 5.46. The fraction of sp³-hybridized carbons (Fsp3) is 0.0909. The Morgan fingerprint density at radius 3 is 2.40 bits per heavy atom. The predicted molar refractivity (Wildman–Crippen MR) is 52.4 cm³/mol. The molecule has 1 heterocycles. The number of halogens is 2. The van der Waals surface area contributed by atoms with Crippen molar-refractivity contribution in [3.05, 3.63) is 54.0 Å². The van der Waals surface area contributed by atoms with Crippen LogP contribution < -0.4 is 5.32 Å². The second-order valence-electron chi connectivity index (χ2n) is 3.03. The predicted octanol–water partition coefficient (Wildman–Crippen LogP) is 3.17. The molecule has 15 heavy (non-hydrogen) atoms. The van der Waals surface area contributed by atoms with Gasteiger partial charge in [0, 0.05) is 0 Å². The first-order valence-corrected chi connectivity index (χ1v) is 4.47. The minimum absolute atomic E-state index is 0.131. The molecule has 0 unspecified atom stereocenters. The van der Waals surface area contributed by atoms with E-state index in [-0.39, 0.29) is 12.2 Å². The van der Waals surface area contributed by atoms with Crippen molar-refractivity contribution >= 4 is 5.69 Å². The summed E-state index contributed by atoms with van der Waals surface area (Å²) < 4.78 is 31.3. The van der Waals surface area contributed by atoms with Gasteiger partial charge in [-0.25, -0.2) is 8.78 Å². The van der Waals surface area contributed by atoms with Crippen LogP contribution >= 0.6 is 0 Å². The Labute approximate surface area is 85.5 Å². The van der Waals surface area contributed by atoms with Crippen molar-refractivity contribution in [2.75, 3.05) is 5.32 Å². The molecule has 0 radical (unpaired) electrons. The lowest BCUT2D eigenvalue weighted by molar-refractivity contribution is 0.515. The van der Waals surface area contributed by atoms with E-state index >= 15 is 0 Å². The van der Waals surface area contributed by atoms with Gasteiger partial charge >= 0.3 is 0 Å². The highest BCUT2D eigenvalue weighted by Gasteiger charge is 2.07. The van der Waals surface area contributed by atoms with E-state index in [0.29, 0.717) is 5.76 Å². The third-order valence-corrected chi connectivity index (χ3v) is 1.98. The zero-order valence-electron chi connectivity index (χ0n) is 7.84. The molecule has 1 aromatic carbocycles. The Bertz CT molecular complexity index is 420. The molecule has 0 amide bonds. The lowest BCUT2D eigenvalue weighted by Gasteiger charge is -2.06. The van der Waals surface area contributed by atoms with Gasteiger partial charge in [-0.1, -0.05) is 6.07 Å². The Morgan fingerprint density at radius 2 is 1.80 bits per heavy atom. The Balaban J connectivity index is 2.11. The second-order valence-corrected chi connectivity index (χ2v) is 3.03. The van der Waals surface area contributed by atoms with E-state index in [1.165, 1.54) is 24.5 Å². The summed E-state index contributed by atoms with van der Waals surface area (Å²) in [4.78, 5) is 0. The van der Waals surface area contributed by atoms with Gasteiger partial charge in [-0.3, -0.25) is 0 Å².